The molecule has 1 aromatic rings. The van der Waals surface area contributed by atoms with E-state index in [-0.39, 0.29) is 24.0 Å². The summed E-state index contributed by atoms with van der Waals surface area (Å²) in [6.45, 7) is 6.02. The van der Waals surface area contributed by atoms with Crippen molar-refractivity contribution in [2.75, 3.05) is 6.61 Å². The van der Waals surface area contributed by atoms with Crippen LogP contribution in [0.5, 0.6) is 0 Å². The van der Waals surface area contributed by atoms with Crippen LogP contribution in [0.25, 0.3) is 0 Å². The first-order valence-electron chi connectivity index (χ1n) is 7.77. The minimum atomic E-state index is -0.711. The third-order valence-electron chi connectivity index (χ3n) is 4.42. The third kappa shape index (κ3) is 3.65. The Kier molecular flexibility index (Phi) is 5.19. The first-order chi connectivity index (χ1) is 10.5. The molecule has 22 heavy (non-hydrogen) atoms. The van der Waals surface area contributed by atoms with Crippen LogP contribution in [0.2, 0.25) is 0 Å². The van der Waals surface area contributed by atoms with Crippen LogP contribution in [0, 0.1) is 0 Å². The van der Waals surface area contributed by atoms with E-state index in [2.05, 4.69) is 10.6 Å². The van der Waals surface area contributed by atoms with Gasteiger partial charge in [-0.15, -0.1) is 0 Å². The number of benzene rings is 1. The van der Waals surface area contributed by atoms with Crippen LogP contribution in [0.4, 0.5) is 0 Å². The van der Waals surface area contributed by atoms with Gasteiger partial charge in [0.05, 0.1) is 6.04 Å². The maximum Gasteiger partial charge on any atom is 0.252 e. The molecule has 1 saturated heterocycles. The molecular weight excluding hydrogens is 280 g/mol. The summed E-state index contributed by atoms with van der Waals surface area (Å²) in [5, 5.41) is 5.92. The Labute approximate surface area is 131 Å². The highest BCUT2D eigenvalue weighted by molar-refractivity contribution is 5.86. The normalized spacial score (nSPS) is 22.0. The number of nitrogens with one attached hydrogen (secondary N) is 2. The van der Waals surface area contributed by atoms with Gasteiger partial charge in [-0.25, -0.2) is 0 Å². The number of carbonyl (C=O) groups is 2. The number of amides is 2. The van der Waals surface area contributed by atoms with E-state index in [0.29, 0.717) is 0 Å². The van der Waals surface area contributed by atoms with Gasteiger partial charge in [0.15, 0.2) is 6.10 Å². The lowest BCUT2D eigenvalue weighted by molar-refractivity contribution is -0.149. The van der Waals surface area contributed by atoms with Gasteiger partial charge in [-0.3, -0.25) is 9.59 Å². The summed E-state index contributed by atoms with van der Waals surface area (Å²) in [6, 6.07) is 8.98. The molecule has 5 nitrogen and oxygen atoms in total. The van der Waals surface area contributed by atoms with Crippen molar-refractivity contribution < 1.29 is 14.3 Å². The zero-order chi connectivity index (χ0) is 16.2. The van der Waals surface area contributed by atoms with Crippen molar-refractivity contribution in [1.82, 2.24) is 10.6 Å². The number of morpholine rings is 1. The van der Waals surface area contributed by atoms with E-state index in [4.69, 9.17) is 4.74 Å². The van der Waals surface area contributed by atoms with Crippen molar-refractivity contribution >= 4 is 11.8 Å². The van der Waals surface area contributed by atoms with Gasteiger partial charge >= 0.3 is 0 Å². The molecular formula is C17H24N2O3. The molecule has 2 N–H and O–H groups in total. The summed E-state index contributed by atoms with van der Waals surface area (Å²) < 4.78 is 5.53. The standard InChI is InChI=1S/C17H24N2O3/c1-4-17(3,5-2)19-16(21)15-14(18-13(20)11-22-15)12-9-7-6-8-10-12/h6-10,14-15H,4-5,11H2,1-3H3,(H,18,20)(H,19,21)/t14-,15+/m1/s1. The molecule has 0 bridgehead atoms. The molecule has 1 fully saturated rings. The maximum atomic E-state index is 12.6. The van der Waals surface area contributed by atoms with Crippen LogP contribution >= 0.6 is 0 Å². The van der Waals surface area contributed by atoms with E-state index >= 15 is 0 Å². The number of rotatable bonds is 5. The Morgan fingerprint density at radius 3 is 2.55 bits per heavy atom. The van der Waals surface area contributed by atoms with E-state index in [1.165, 1.54) is 0 Å². The van der Waals surface area contributed by atoms with Crippen molar-refractivity contribution in [3.63, 3.8) is 0 Å². The molecule has 0 radical (unpaired) electrons. The molecule has 2 atom stereocenters. The van der Waals surface area contributed by atoms with Gasteiger partial charge in [-0.2, -0.15) is 0 Å². The van der Waals surface area contributed by atoms with Crippen molar-refractivity contribution in [3.05, 3.63) is 35.9 Å². The first kappa shape index (κ1) is 16.5. The van der Waals surface area contributed by atoms with E-state index in [1.807, 2.05) is 51.1 Å². The minimum Gasteiger partial charge on any atom is -0.356 e. The van der Waals surface area contributed by atoms with Gasteiger partial charge in [0, 0.05) is 5.54 Å². The largest absolute Gasteiger partial charge is 0.356 e. The second kappa shape index (κ2) is 6.92. The zero-order valence-electron chi connectivity index (χ0n) is 13.4. The van der Waals surface area contributed by atoms with Crippen LogP contribution in [-0.2, 0) is 14.3 Å². The highest BCUT2D eigenvalue weighted by Crippen LogP contribution is 2.24. The molecule has 0 aliphatic carbocycles. The second-order valence-corrected chi connectivity index (χ2v) is 5.94. The Morgan fingerprint density at radius 2 is 1.95 bits per heavy atom. The number of ether oxygens (including phenoxy) is 1. The summed E-state index contributed by atoms with van der Waals surface area (Å²) in [5.41, 5.74) is 0.605. The molecule has 5 heteroatoms. The van der Waals surface area contributed by atoms with Crippen molar-refractivity contribution in [2.24, 2.45) is 0 Å². The van der Waals surface area contributed by atoms with Gasteiger partial charge in [0.2, 0.25) is 5.91 Å². The van der Waals surface area contributed by atoms with Crippen LogP contribution in [0.3, 0.4) is 0 Å². The van der Waals surface area contributed by atoms with E-state index in [1.54, 1.807) is 0 Å². The monoisotopic (exact) mass is 304 g/mol. The lowest BCUT2D eigenvalue weighted by atomic mass is 9.93. The lowest BCUT2D eigenvalue weighted by Gasteiger charge is -2.35. The van der Waals surface area contributed by atoms with E-state index in [9.17, 15) is 9.59 Å². The summed E-state index contributed by atoms with van der Waals surface area (Å²) in [6.07, 6.45) is 0.965. The summed E-state index contributed by atoms with van der Waals surface area (Å²) in [4.78, 5) is 24.3. The van der Waals surface area contributed by atoms with Gasteiger partial charge in [-0.05, 0) is 25.3 Å². The first-order valence-corrected chi connectivity index (χ1v) is 7.77. The fraction of sp³-hybridized carbons (Fsp3) is 0.529. The van der Waals surface area contributed by atoms with Crippen LogP contribution in [0.15, 0.2) is 30.3 Å². The van der Waals surface area contributed by atoms with Crippen molar-refractivity contribution in [3.8, 4) is 0 Å². The molecule has 0 spiro atoms. The molecule has 1 aliphatic heterocycles. The predicted octanol–water partition coefficient (Wildman–Crippen LogP) is 1.94. The quantitative estimate of drug-likeness (QED) is 0.873. The Balaban J connectivity index is 2.19. The molecule has 2 rings (SSSR count). The van der Waals surface area contributed by atoms with Crippen molar-refractivity contribution in [1.29, 1.82) is 0 Å². The molecule has 0 unspecified atom stereocenters. The van der Waals surface area contributed by atoms with E-state index in [0.717, 1.165) is 18.4 Å². The van der Waals surface area contributed by atoms with Gasteiger partial charge in [0.1, 0.15) is 6.61 Å². The number of carbonyl (C=O) groups excluding carboxylic acids is 2. The summed E-state index contributed by atoms with van der Waals surface area (Å²) in [5.74, 6) is -0.383. The van der Waals surface area contributed by atoms with Gasteiger partial charge in [-0.1, -0.05) is 44.2 Å². The van der Waals surface area contributed by atoms with E-state index < -0.39 is 12.1 Å². The van der Waals surface area contributed by atoms with Gasteiger partial charge in [0.25, 0.3) is 5.91 Å². The number of hydrogen-bond donors (Lipinski definition) is 2. The fourth-order valence-corrected chi connectivity index (χ4v) is 2.49. The average Bonchev–Trinajstić information content (AvgIpc) is 2.55. The molecule has 1 aliphatic rings. The molecule has 120 valence electrons. The SMILES string of the molecule is CCC(C)(CC)NC(=O)[C@H]1OCC(=O)N[C@@H]1c1ccccc1. The van der Waals surface area contributed by atoms with Crippen LogP contribution in [0.1, 0.15) is 45.2 Å². The molecule has 1 aromatic carbocycles. The molecule has 2 amide bonds. The topological polar surface area (TPSA) is 67.4 Å². The Hall–Kier alpha value is -1.88. The number of hydrogen-bond acceptors (Lipinski definition) is 3. The fourth-order valence-electron chi connectivity index (χ4n) is 2.49. The third-order valence-corrected chi connectivity index (χ3v) is 4.42. The predicted molar refractivity (Wildman–Crippen MR) is 84.2 cm³/mol. The van der Waals surface area contributed by atoms with Crippen LogP contribution < -0.4 is 10.6 Å². The zero-order valence-corrected chi connectivity index (χ0v) is 13.4. The smallest absolute Gasteiger partial charge is 0.252 e. The highest BCUT2D eigenvalue weighted by Gasteiger charge is 2.38. The maximum absolute atomic E-state index is 12.6. The average molecular weight is 304 g/mol. The molecule has 0 aromatic heterocycles. The molecule has 0 saturated carbocycles. The minimum absolute atomic E-state index is 0.0869. The highest BCUT2D eigenvalue weighted by atomic mass is 16.5. The Bertz CT molecular complexity index is 526. The molecule has 1 heterocycles. The Morgan fingerprint density at radius 1 is 1.32 bits per heavy atom. The second-order valence-electron chi connectivity index (χ2n) is 5.94. The van der Waals surface area contributed by atoms with Gasteiger partial charge < -0.3 is 15.4 Å². The summed E-state index contributed by atoms with van der Waals surface area (Å²) >= 11 is 0. The lowest BCUT2D eigenvalue weighted by Crippen LogP contribution is -2.56. The van der Waals surface area contributed by atoms with Crippen LogP contribution in [-0.4, -0.2) is 30.1 Å². The van der Waals surface area contributed by atoms with Crippen molar-refractivity contribution in [2.45, 2.75) is 51.3 Å². The summed E-state index contributed by atoms with van der Waals surface area (Å²) in [7, 11) is 0.